The van der Waals surface area contributed by atoms with Crippen molar-refractivity contribution in [3.63, 3.8) is 0 Å². The summed E-state index contributed by atoms with van der Waals surface area (Å²) in [5.74, 6) is 0.167. The van der Waals surface area contributed by atoms with Crippen molar-refractivity contribution in [2.75, 3.05) is 26.2 Å². The minimum atomic E-state index is -0.0818. The highest BCUT2D eigenvalue weighted by molar-refractivity contribution is 9.10. The molecule has 2 amide bonds. The lowest BCUT2D eigenvalue weighted by atomic mass is 10.1. The monoisotopic (exact) mass is 288 g/mol. The van der Waals surface area contributed by atoms with Gasteiger partial charge in [0, 0.05) is 19.6 Å². The van der Waals surface area contributed by atoms with Crippen LogP contribution < -0.4 is 0 Å². The van der Waals surface area contributed by atoms with Crippen LogP contribution in [0.2, 0.25) is 0 Å². The molecule has 2 aliphatic heterocycles. The number of hydrogen-bond donors (Lipinski definition) is 0. The molecule has 5 heteroatoms. The molecule has 1 atom stereocenters. The Labute approximate surface area is 104 Å². The molecular weight excluding hydrogens is 272 g/mol. The van der Waals surface area contributed by atoms with Crippen molar-refractivity contribution in [3.05, 3.63) is 0 Å². The molecule has 4 nitrogen and oxygen atoms in total. The Bertz CT molecular complexity index is 290. The summed E-state index contributed by atoms with van der Waals surface area (Å²) in [4.78, 5) is 27.0. The molecule has 16 heavy (non-hydrogen) atoms. The maximum Gasteiger partial charge on any atom is 0.242 e. The number of rotatable bonds is 2. The van der Waals surface area contributed by atoms with Crippen LogP contribution in [0.1, 0.15) is 25.7 Å². The van der Waals surface area contributed by atoms with Crippen LogP contribution in [0.4, 0.5) is 0 Å². The number of carbonyl (C=O) groups excluding carboxylic acids is 2. The van der Waals surface area contributed by atoms with E-state index in [2.05, 4.69) is 15.9 Å². The van der Waals surface area contributed by atoms with Gasteiger partial charge >= 0.3 is 0 Å². The Kier molecular flexibility index (Phi) is 3.84. The van der Waals surface area contributed by atoms with Crippen LogP contribution >= 0.6 is 15.9 Å². The maximum atomic E-state index is 11.9. The van der Waals surface area contributed by atoms with Crippen molar-refractivity contribution in [1.82, 2.24) is 9.80 Å². The van der Waals surface area contributed by atoms with E-state index in [0.717, 1.165) is 32.4 Å². The zero-order valence-electron chi connectivity index (χ0n) is 9.32. The molecule has 2 aliphatic rings. The quantitative estimate of drug-likeness (QED) is 0.711. The van der Waals surface area contributed by atoms with Crippen molar-refractivity contribution >= 4 is 27.7 Å². The van der Waals surface area contributed by atoms with Gasteiger partial charge in [-0.1, -0.05) is 15.9 Å². The van der Waals surface area contributed by atoms with Crippen LogP contribution in [0, 0.1) is 0 Å². The van der Waals surface area contributed by atoms with E-state index in [0.29, 0.717) is 6.54 Å². The molecule has 0 aromatic heterocycles. The molecule has 0 aliphatic carbocycles. The first-order chi connectivity index (χ1) is 7.68. The summed E-state index contributed by atoms with van der Waals surface area (Å²) in [6, 6.07) is 0. The van der Waals surface area contributed by atoms with Crippen molar-refractivity contribution in [3.8, 4) is 0 Å². The molecule has 1 unspecified atom stereocenters. The van der Waals surface area contributed by atoms with Crippen LogP contribution in [0.5, 0.6) is 0 Å². The van der Waals surface area contributed by atoms with Crippen molar-refractivity contribution in [1.29, 1.82) is 0 Å². The summed E-state index contributed by atoms with van der Waals surface area (Å²) < 4.78 is 0. The third-order valence-electron chi connectivity index (χ3n) is 3.27. The Morgan fingerprint density at radius 1 is 1.25 bits per heavy atom. The van der Waals surface area contributed by atoms with E-state index in [4.69, 9.17) is 0 Å². The van der Waals surface area contributed by atoms with Crippen molar-refractivity contribution < 1.29 is 9.59 Å². The van der Waals surface area contributed by atoms with Gasteiger partial charge in [-0.05, 0) is 25.7 Å². The molecule has 2 saturated heterocycles. The second-order valence-electron chi connectivity index (χ2n) is 4.46. The lowest BCUT2D eigenvalue weighted by Gasteiger charge is -2.28. The molecule has 0 N–H and O–H groups in total. The van der Waals surface area contributed by atoms with Gasteiger partial charge in [0.05, 0.1) is 11.4 Å². The highest BCUT2D eigenvalue weighted by atomic mass is 79.9. The number of carbonyl (C=O) groups is 2. The van der Waals surface area contributed by atoms with Crippen LogP contribution in [0.15, 0.2) is 0 Å². The van der Waals surface area contributed by atoms with E-state index in [1.54, 1.807) is 4.90 Å². The molecule has 0 aromatic carbocycles. The molecule has 0 bridgehead atoms. The SMILES string of the molecule is O=C(CN1CCC(Br)C1=O)N1CCCCC1. The number of nitrogens with zero attached hydrogens (tertiary/aromatic N) is 2. The Morgan fingerprint density at radius 2 is 1.94 bits per heavy atom. The zero-order valence-corrected chi connectivity index (χ0v) is 10.9. The maximum absolute atomic E-state index is 11.9. The standard InChI is InChI=1S/C11H17BrN2O2/c12-9-4-7-14(11(9)16)8-10(15)13-5-2-1-3-6-13/h9H,1-8H2. The van der Waals surface area contributed by atoms with E-state index in [-0.39, 0.29) is 23.2 Å². The summed E-state index contributed by atoms with van der Waals surface area (Å²) in [5.41, 5.74) is 0. The summed E-state index contributed by atoms with van der Waals surface area (Å²) in [6.07, 6.45) is 4.23. The summed E-state index contributed by atoms with van der Waals surface area (Å²) >= 11 is 3.31. The highest BCUT2D eigenvalue weighted by Crippen LogP contribution is 2.18. The van der Waals surface area contributed by atoms with Gasteiger partial charge in [-0.25, -0.2) is 0 Å². The average molecular weight is 289 g/mol. The normalized spacial score (nSPS) is 26.3. The largest absolute Gasteiger partial charge is 0.341 e. The van der Waals surface area contributed by atoms with Gasteiger partial charge in [0.1, 0.15) is 0 Å². The summed E-state index contributed by atoms with van der Waals surface area (Å²) in [7, 11) is 0. The number of halogens is 1. The predicted octanol–water partition coefficient (Wildman–Crippen LogP) is 0.995. The third-order valence-corrected chi connectivity index (χ3v) is 4.12. The summed E-state index contributed by atoms with van der Waals surface area (Å²) in [6.45, 7) is 2.69. The van der Waals surface area contributed by atoms with Gasteiger partial charge in [0.15, 0.2) is 0 Å². The van der Waals surface area contributed by atoms with Crippen molar-refractivity contribution in [2.24, 2.45) is 0 Å². The van der Waals surface area contributed by atoms with E-state index < -0.39 is 0 Å². The lowest BCUT2D eigenvalue weighted by Crippen LogP contribution is -2.43. The highest BCUT2D eigenvalue weighted by Gasteiger charge is 2.31. The minimum Gasteiger partial charge on any atom is -0.341 e. The molecule has 0 aromatic rings. The van der Waals surface area contributed by atoms with Gasteiger partial charge in [-0.15, -0.1) is 0 Å². The molecule has 90 valence electrons. The topological polar surface area (TPSA) is 40.6 Å². The molecule has 2 heterocycles. The van der Waals surface area contributed by atoms with Crippen LogP contribution in [0.25, 0.3) is 0 Å². The number of hydrogen-bond acceptors (Lipinski definition) is 2. The van der Waals surface area contributed by atoms with Gasteiger partial charge in [0.2, 0.25) is 11.8 Å². The second-order valence-corrected chi connectivity index (χ2v) is 5.56. The Balaban J connectivity index is 1.84. The lowest BCUT2D eigenvalue weighted by molar-refractivity contribution is -0.138. The fourth-order valence-electron chi connectivity index (χ4n) is 2.26. The average Bonchev–Trinajstić information content (AvgIpc) is 2.62. The van der Waals surface area contributed by atoms with Gasteiger partial charge in [-0.2, -0.15) is 0 Å². The molecule has 2 fully saturated rings. The molecule has 0 radical (unpaired) electrons. The fourth-order valence-corrected chi connectivity index (χ4v) is 2.76. The van der Waals surface area contributed by atoms with Crippen LogP contribution in [0.3, 0.4) is 0 Å². The van der Waals surface area contributed by atoms with Gasteiger partial charge < -0.3 is 9.80 Å². The number of alkyl halides is 1. The molecule has 0 saturated carbocycles. The Hall–Kier alpha value is -0.580. The van der Waals surface area contributed by atoms with E-state index >= 15 is 0 Å². The first kappa shape index (κ1) is 11.9. The molecule has 2 rings (SSSR count). The molecular formula is C11H17BrN2O2. The smallest absolute Gasteiger partial charge is 0.242 e. The Morgan fingerprint density at radius 3 is 2.50 bits per heavy atom. The summed E-state index contributed by atoms with van der Waals surface area (Å²) in [5, 5.41) is 0. The van der Waals surface area contributed by atoms with Crippen molar-refractivity contribution in [2.45, 2.75) is 30.5 Å². The minimum absolute atomic E-state index is 0.0605. The van der Waals surface area contributed by atoms with E-state index in [9.17, 15) is 9.59 Å². The first-order valence-electron chi connectivity index (χ1n) is 5.89. The number of likely N-dealkylation sites (tertiary alicyclic amines) is 2. The fraction of sp³-hybridized carbons (Fsp3) is 0.818. The zero-order chi connectivity index (χ0) is 11.5. The number of piperidine rings is 1. The third kappa shape index (κ3) is 2.56. The second kappa shape index (κ2) is 5.17. The number of amides is 2. The van der Waals surface area contributed by atoms with Crippen LogP contribution in [-0.2, 0) is 9.59 Å². The van der Waals surface area contributed by atoms with Crippen LogP contribution in [-0.4, -0.2) is 52.6 Å². The van der Waals surface area contributed by atoms with E-state index in [1.807, 2.05) is 4.90 Å². The van der Waals surface area contributed by atoms with Gasteiger partial charge in [0.25, 0.3) is 0 Å². The molecule has 0 spiro atoms. The van der Waals surface area contributed by atoms with E-state index in [1.165, 1.54) is 6.42 Å². The first-order valence-corrected chi connectivity index (χ1v) is 6.80. The van der Waals surface area contributed by atoms with Gasteiger partial charge in [-0.3, -0.25) is 9.59 Å². The predicted molar refractivity (Wildman–Crippen MR) is 64.3 cm³/mol.